The summed E-state index contributed by atoms with van der Waals surface area (Å²) in [6.07, 6.45) is -5.04. The highest BCUT2D eigenvalue weighted by molar-refractivity contribution is 7.52. The van der Waals surface area contributed by atoms with Crippen molar-refractivity contribution in [1.82, 2.24) is 24.6 Å². The Labute approximate surface area is 229 Å². The number of nitrogens with one attached hydrogen (secondary N) is 1. The van der Waals surface area contributed by atoms with Gasteiger partial charge in [-0.1, -0.05) is 18.2 Å². The van der Waals surface area contributed by atoms with Crippen LogP contribution in [0, 0.1) is 0 Å². The van der Waals surface area contributed by atoms with E-state index in [1.165, 1.54) is 30.0 Å². The molecule has 0 amide bonds. The Morgan fingerprint density at radius 3 is 2.58 bits per heavy atom. The third-order valence-electron chi connectivity index (χ3n) is 6.45. The highest BCUT2D eigenvalue weighted by Crippen LogP contribution is 2.62. The third kappa shape index (κ3) is 4.99. The summed E-state index contributed by atoms with van der Waals surface area (Å²) < 4.78 is 53.2. The molecule has 1 saturated heterocycles. The lowest BCUT2D eigenvalue weighted by Crippen LogP contribution is -2.38. The Morgan fingerprint density at radius 2 is 1.98 bits per heavy atom. The fraction of sp³-hybridized carbons (Fsp3) is 0.500. The number of benzene rings is 1. The van der Waals surface area contributed by atoms with Gasteiger partial charge in [-0.05, 0) is 32.9 Å². The van der Waals surface area contributed by atoms with Crippen molar-refractivity contribution in [2.24, 2.45) is 0 Å². The van der Waals surface area contributed by atoms with Crippen LogP contribution < -0.4 is 20.2 Å². The summed E-state index contributed by atoms with van der Waals surface area (Å²) >= 11 is 0. The second-order valence-electron chi connectivity index (χ2n) is 10.1. The summed E-state index contributed by atoms with van der Waals surface area (Å²) in [6.45, 7) is 4.76. The summed E-state index contributed by atoms with van der Waals surface area (Å²) in [4.78, 5) is 26.7. The fourth-order valence-electron chi connectivity index (χ4n) is 4.51. The largest absolute Gasteiger partial charge is 0.462 e. The summed E-state index contributed by atoms with van der Waals surface area (Å²) in [7, 11) is -0.879. The topological polar surface area (TPSA) is 176 Å². The minimum Gasteiger partial charge on any atom is -0.462 e. The van der Waals surface area contributed by atoms with Crippen LogP contribution in [0.4, 0.5) is 16.2 Å². The molecular weight excluding hydrogens is 548 g/mol. The van der Waals surface area contributed by atoms with Crippen molar-refractivity contribution >= 4 is 36.6 Å². The number of ether oxygens (including phenoxy) is 2. The third-order valence-corrected chi connectivity index (χ3v) is 8.11. The van der Waals surface area contributed by atoms with Gasteiger partial charge < -0.3 is 29.7 Å². The van der Waals surface area contributed by atoms with Crippen LogP contribution in [0.2, 0.25) is 0 Å². The molecular formula is C24H31FN7O7P. The molecule has 14 nitrogen and oxygen atoms in total. The molecule has 2 fully saturated rings. The van der Waals surface area contributed by atoms with E-state index in [2.05, 4.69) is 20.0 Å². The zero-order valence-electron chi connectivity index (χ0n) is 22.5. The number of rotatable bonds is 10. The number of aliphatic hydroxyl groups is 1. The molecule has 1 aromatic carbocycles. The summed E-state index contributed by atoms with van der Waals surface area (Å²) in [5, 5.41) is 13.7. The van der Waals surface area contributed by atoms with Gasteiger partial charge in [-0.15, -0.1) is 0 Å². The van der Waals surface area contributed by atoms with Crippen molar-refractivity contribution < 1.29 is 37.4 Å². The van der Waals surface area contributed by atoms with Crippen LogP contribution in [-0.2, 0) is 23.4 Å². The van der Waals surface area contributed by atoms with Crippen molar-refractivity contribution in [2.45, 2.75) is 63.1 Å². The van der Waals surface area contributed by atoms with Crippen molar-refractivity contribution in [3.05, 3.63) is 36.7 Å². The molecule has 1 saturated carbocycles. The van der Waals surface area contributed by atoms with Crippen molar-refractivity contribution in [3.63, 3.8) is 0 Å². The van der Waals surface area contributed by atoms with Gasteiger partial charge >= 0.3 is 13.7 Å². The number of carbonyl (C=O) groups excluding carboxylic acids is 1. The van der Waals surface area contributed by atoms with Gasteiger partial charge in [0, 0.05) is 14.1 Å². The second kappa shape index (κ2) is 10.2. The van der Waals surface area contributed by atoms with Gasteiger partial charge in [0.15, 0.2) is 35.0 Å². The maximum Gasteiger partial charge on any atom is 0.459 e. The molecule has 40 heavy (non-hydrogen) atoms. The SMILES string of the molecule is CC(C)OC(=O)[C@H](C)N[P@@](=O)(Oc1ccccc1)OC1[C@H]2O[C@@H](n3cnc4c(N(C)C)nc(N)nc43)[C@H](F)[C@@]12O. The van der Waals surface area contributed by atoms with Crippen LogP contribution in [0.5, 0.6) is 5.75 Å². The Kier molecular flexibility index (Phi) is 7.21. The van der Waals surface area contributed by atoms with Crippen molar-refractivity contribution in [3.8, 4) is 5.75 Å². The van der Waals surface area contributed by atoms with Crippen LogP contribution in [0.3, 0.4) is 0 Å². The van der Waals surface area contributed by atoms with Crippen LogP contribution >= 0.6 is 7.75 Å². The van der Waals surface area contributed by atoms with E-state index in [4.69, 9.17) is 24.3 Å². The fourth-order valence-corrected chi connectivity index (χ4v) is 6.22. The molecule has 2 aromatic heterocycles. The standard InChI is InChI=1S/C24H31FN7O7P/c1-12(2)36-22(33)13(3)30-40(35,38-14-9-7-6-8-10-14)39-18-17-24(18,34)16(25)21(37-17)32-11-27-15-19(31(4)5)28-23(26)29-20(15)32/h6-13,16-18,21,34H,1-5H3,(H,30,35)(H2,26,28,29)/t13-,16-,17+,18?,21+,24-,40+/m0/s1. The smallest absolute Gasteiger partial charge is 0.459 e. The van der Waals surface area contributed by atoms with E-state index in [9.17, 15) is 14.5 Å². The number of nitrogen functional groups attached to an aromatic ring is 1. The molecule has 7 atom stereocenters. The number of hydrogen-bond donors (Lipinski definition) is 3. The lowest BCUT2D eigenvalue weighted by atomic mass is 10.2. The number of carbonyl (C=O) groups is 1. The molecule has 16 heteroatoms. The lowest BCUT2D eigenvalue weighted by molar-refractivity contribution is -0.149. The average molecular weight is 580 g/mol. The molecule has 0 bridgehead atoms. The predicted molar refractivity (Wildman–Crippen MR) is 141 cm³/mol. The number of para-hydroxylation sites is 1. The molecule has 0 spiro atoms. The maximum atomic E-state index is 15.8. The zero-order valence-corrected chi connectivity index (χ0v) is 23.4. The molecule has 1 unspecified atom stereocenters. The number of halogens is 1. The first-order chi connectivity index (χ1) is 18.8. The molecule has 1 aliphatic carbocycles. The number of anilines is 2. The minimum atomic E-state index is -4.37. The Hall–Kier alpha value is -3.36. The number of fused-ring (bicyclic) bond motifs is 2. The normalized spacial score (nSPS) is 27.7. The first kappa shape index (κ1) is 28.2. The van der Waals surface area contributed by atoms with Gasteiger partial charge in [-0.25, -0.2) is 13.9 Å². The Balaban J connectivity index is 1.37. The van der Waals surface area contributed by atoms with E-state index >= 15 is 4.39 Å². The van der Waals surface area contributed by atoms with Gasteiger partial charge in [0.2, 0.25) is 5.95 Å². The van der Waals surface area contributed by atoms with Gasteiger partial charge in [0.05, 0.1) is 12.4 Å². The predicted octanol–water partition coefficient (Wildman–Crippen LogP) is 1.96. The molecule has 4 N–H and O–H groups in total. The number of imidazole rings is 1. The minimum absolute atomic E-state index is 0.0494. The van der Waals surface area contributed by atoms with E-state index in [-0.39, 0.29) is 17.3 Å². The average Bonchev–Trinajstić information content (AvgIpc) is 3.13. The van der Waals surface area contributed by atoms with E-state index in [1.807, 2.05) is 0 Å². The van der Waals surface area contributed by atoms with Crippen molar-refractivity contribution in [1.29, 1.82) is 0 Å². The van der Waals surface area contributed by atoms with E-state index in [0.717, 1.165) is 0 Å². The zero-order chi connectivity index (χ0) is 29.0. The van der Waals surface area contributed by atoms with Crippen LogP contribution in [-0.4, -0.2) is 80.8 Å². The first-order valence-corrected chi connectivity index (χ1v) is 14.1. The quantitative estimate of drug-likeness (QED) is 0.235. The Bertz CT molecular complexity index is 1460. The van der Waals surface area contributed by atoms with Gasteiger partial charge in [0.25, 0.3) is 0 Å². The van der Waals surface area contributed by atoms with E-state index in [1.54, 1.807) is 51.0 Å². The van der Waals surface area contributed by atoms with Gasteiger partial charge in [-0.3, -0.25) is 13.9 Å². The molecule has 2 aliphatic rings. The highest BCUT2D eigenvalue weighted by atomic mass is 31.2. The second-order valence-corrected chi connectivity index (χ2v) is 11.8. The highest BCUT2D eigenvalue weighted by Gasteiger charge is 2.80. The molecule has 0 radical (unpaired) electrons. The first-order valence-electron chi connectivity index (χ1n) is 12.5. The summed E-state index contributed by atoms with van der Waals surface area (Å²) in [5.41, 5.74) is 4.26. The molecule has 216 valence electrons. The van der Waals surface area contributed by atoms with Crippen LogP contribution in [0.15, 0.2) is 36.7 Å². The lowest BCUT2D eigenvalue weighted by Gasteiger charge is -2.26. The summed E-state index contributed by atoms with van der Waals surface area (Å²) in [5.74, 6) is -0.160. The molecule has 3 heterocycles. The maximum absolute atomic E-state index is 15.8. The van der Waals surface area contributed by atoms with Gasteiger partial charge in [-0.2, -0.15) is 15.1 Å². The van der Waals surface area contributed by atoms with Crippen molar-refractivity contribution in [2.75, 3.05) is 24.7 Å². The molecule has 5 rings (SSSR count). The van der Waals surface area contributed by atoms with E-state index in [0.29, 0.717) is 11.3 Å². The number of esters is 1. The van der Waals surface area contributed by atoms with Gasteiger partial charge in [0.1, 0.15) is 24.0 Å². The van der Waals surface area contributed by atoms with Crippen LogP contribution in [0.1, 0.15) is 27.0 Å². The number of aromatic nitrogens is 4. The van der Waals surface area contributed by atoms with E-state index < -0.39 is 56.1 Å². The Morgan fingerprint density at radius 1 is 1.27 bits per heavy atom. The molecule has 3 aromatic rings. The number of hydrogen-bond acceptors (Lipinski definition) is 12. The number of nitrogens with zero attached hydrogens (tertiary/aromatic N) is 5. The van der Waals surface area contributed by atoms with Crippen LogP contribution in [0.25, 0.3) is 11.2 Å². The summed E-state index contributed by atoms with van der Waals surface area (Å²) in [6, 6.07) is 6.96. The monoisotopic (exact) mass is 579 g/mol. The molecule has 1 aliphatic heterocycles. The number of alkyl halides is 1. The number of nitrogens with two attached hydrogens (primary N) is 1.